The monoisotopic (exact) mass is 562 g/mol. The molecule has 0 aliphatic rings. The Morgan fingerprint density at radius 2 is 1.39 bits per heavy atom. The van der Waals surface area contributed by atoms with Crippen LogP contribution in [0.25, 0.3) is 0 Å². The molecule has 3 aromatic rings. The lowest BCUT2D eigenvalue weighted by Gasteiger charge is -2.16. The van der Waals surface area contributed by atoms with E-state index in [0.717, 1.165) is 12.3 Å². The number of nitrogens with one attached hydrogen (secondary N) is 2. The van der Waals surface area contributed by atoms with Crippen LogP contribution in [0.1, 0.15) is 11.1 Å². The van der Waals surface area contributed by atoms with Gasteiger partial charge in [0.1, 0.15) is 0 Å². The van der Waals surface area contributed by atoms with E-state index in [1.165, 1.54) is 48.5 Å². The highest BCUT2D eigenvalue weighted by atomic mass is 32.2. The summed E-state index contributed by atoms with van der Waals surface area (Å²) in [4.78, 5) is -2.01. The zero-order valence-electron chi connectivity index (χ0n) is 18.7. The van der Waals surface area contributed by atoms with Crippen molar-refractivity contribution in [2.24, 2.45) is 0 Å². The molecule has 0 aliphatic heterocycles. The average Bonchev–Trinajstić information content (AvgIpc) is 2.79. The lowest BCUT2D eigenvalue weighted by Crippen LogP contribution is -2.28. The Balaban J connectivity index is 1.87. The van der Waals surface area contributed by atoms with Crippen LogP contribution in [0.2, 0.25) is 0 Å². The maximum absolute atomic E-state index is 13.6. The number of rotatable bonds is 9. The van der Waals surface area contributed by atoms with E-state index in [4.69, 9.17) is 0 Å². The molecule has 0 saturated heterocycles. The van der Waals surface area contributed by atoms with Crippen LogP contribution in [-0.2, 0) is 42.5 Å². The molecule has 8 nitrogen and oxygen atoms in total. The van der Waals surface area contributed by atoms with Crippen molar-refractivity contribution in [1.29, 1.82) is 0 Å². The number of alkyl halides is 3. The van der Waals surface area contributed by atoms with E-state index in [9.17, 15) is 38.4 Å². The quantitative estimate of drug-likeness (QED) is 0.412. The Hall–Kier alpha value is -2.94. The highest BCUT2D eigenvalue weighted by Crippen LogP contribution is 2.36. The third-order valence-electron chi connectivity index (χ3n) is 4.87. The summed E-state index contributed by atoms with van der Waals surface area (Å²) in [5.41, 5.74) is -0.639. The third-order valence-corrected chi connectivity index (χ3v) is 8.75. The highest BCUT2D eigenvalue weighted by Gasteiger charge is 2.38. The number of sulfone groups is 1. The summed E-state index contributed by atoms with van der Waals surface area (Å²) in [6.45, 7) is -0.297. The molecule has 0 heterocycles. The zero-order valence-corrected chi connectivity index (χ0v) is 21.1. The lowest BCUT2D eigenvalue weighted by molar-refractivity contribution is -0.139. The van der Waals surface area contributed by atoms with Gasteiger partial charge in [0, 0.05) is 12.2 Å². The molecule has 0 bridgehead atoms. The summed E-state index contributed by atoms with van der Waals surface area (Å²) in [6.07, 6.45) is -4.01. The van der Waals surface area contributed by atoms with Crippen LogP contribution in [0.5, 0.6) is 0 Å². The van der Waals surface area contributed by atoms with Crippen molar-refractivity contribution < 1.29 is 38.4 Å². The summed E-state index contributed by atoms with van der Waals surface area (Å²) < 4.78 is 119. The van der Waals surface area contributed by atoms with Gasteiger partial charge in [-0.2, -0.15) is 13.2 Å². The molecular formula is C22H21F3N2O6S3. The van der Waals surface area contributed by atoms with Gasteiger partial charge in [-0.1, -0.05) is 30.3 Å². The van der Waals surface area contributed by atoms with E-state index in [1.807, 2.05) is 0 Å². The Bertz CT molecular complexity index is 1560. The van der Waals surface area contributed by atoms with E-state index < -0.39 is 51.4 Å². The molecular weight excluding hydrogens is 541 g/mol. The predicted octanol–water partition coefficient (Wildman–Crippen LogP) is 3.43. The van der Waals surface area contributed by atoms with E-state index in [1.54, 1.807) is 6.07 Å². The molecule has 2 N–H and O–H groups in total. The van der Waals surface area contributed by atoms with Crippen LogP contribution in [-0.4, -0.2) is 38.1 Å². The number of hydrogen-bond donors (Lipinski definition) is 2. The van der Waals surface area contributed by atoms with Gasteiger partial charge >= 0.3 is 6.18 Å². The topological polar surface area (TPSA) is 126 Å². The molecule has 0 atom stereocenters. The van der Waals surface area contributed by atoms with Crippen molar-refractivity contribution in [2.75, 3.05) is 17.5 Å². The molecule has 3 rings (SSSR count). The summed E-state index contributed by atoms with van der Waals surface area (Å²) in [5, 5.41) is 0. The Morgan fingerprint density at radius 1 is 0.778 bits per heavy atom. The van der Waals surface area contributed by atoms with Crippen molar-refractivity contribution in [1.82, 2.24) is 4.72 Å². The van der Waals surface area contributed by atoms with Crippen molar-refractivity contribution in [2.45, 2.75) is 27.3 Å². The first kappa shape index (κ1) is 27.6. The summed E-state index contributed by atoms with van der Waals surface area (Å²) in [7, 11) is -12.5. The number of hydrogen-bond acceptors (Lipinski definition) is 6. The SMILES string of the molecule is CS(=O)(=O)Nc1ccc(CCNS(=O)(=O)c2cc(S(=O)(=O)c3ccccc3)ccc2C(F)(F)F)cc1. The molecule has 0 amide bonds. The lowest BCUT2D eigenvalue weighted by atomic mass is 10.1. The summed E-state index contributed by atoms with van der Waals surface area (Å²) in [6, 6.07) is 14.5. The largest absolute Gasteiger partial charge is 0.417 e. The maximum Gasteiger partial charge on any atom is 0.417 e. The molecule has 0 fully saturated rings. The fourth-order valence-corrected chi connectivity index (χ4v) is 6.45. The van der Waals surface area contributed by atoms with Gasteiger partial charge in [0.2, 0.25) is 29.9 Å². The van der Waals surface area contributed by atoms with Gasteiger partial charge < -0.3 is 0 Å². The number of anilines is 1. The molecule has 194 valence electrons. The highest BCUT2D eigenvalue weighted by molar-refractivity contribution is 7.92. The fourth-order valence-electron chi connectivity index (χ4n) is 3.22. The molecule has 0 spiro atoms. The number of halogens is 3. The molecule has 14 heteroatoms. The van der Waals surface area contributed by atoms with Gasteiger partial charge in [-0.05, 0) is 54.4 Å². The summed E-state index contributed by atoms with van der Waals surface area (Å²) >= 11 is 0. The van der Waals surface area contributed by atoms with Gasteiger partial charge in [0.05, 0.1) is 26.5 Å². The van der Waals surface area contributed by atoms with Gasteiger partial charge in [0.25, 0.3) is 0 Å². The molecule has 0 unspecified atom stereocenters. The second-order valence-electron chi connectivity index (χ2n) is 7.69. The molecule has 36 heavy (non-hydrogen) atoms. The third kappa shape index (κ3) is 6.84. The Kier molecular flexibility index (Phi) is 7.83. The number of benzene rings is 3. The van der Waals surface area contributed by atoms with Gasteiger partial charge in [-0.25, -0.2) is 30.0 Å². The van der Waals surface area contributed by atoms with Crippen LogP contribution in [0.15, 0.2) is 87.5 Å². The minimum Gasteiger partial charge on any atom is -0.284 e. The van der Waals surface area contributed by atoms with Gasteiger partial charge in [-0.15, -0.1) is 0 Å². The van der Waals surface area contributed by atoms with Crippen LogP contribution in [0, 0.1) is 0 Å². The molecule has 0 aromatic heterocycles. The molecule has 3 aromatic carbocycles. The van der Waals surface area contributed by atoms with Crippen LogP contribution < -0.4 is 9.44 Å². The van der Waals surface area contributed by atoms with Crippen molar-refractivity contribution in [3.8, 4) is 0 Å². The second kappa shape index (κ2) is 10.2. The molecule has 0 aliphatic carbocycles. The van der Waals surface area contributed by atoms with E-state index in [0.29, 0.717) is 17.7 Å². The van der Waals surface area contributed by atoms with E-state index >= 15 is 0 Å². The molecule has 0 saturated carbocycles. The van der Waals surface area contributed by atoms with E-state index in [-0.39, 0.29) is 23.5 Å². The standard InChI is InChI=1S/C22H21F3N2O6S3/c1-34(28,29)27-17-9-7-16(8-10-17)13-14-26-36(32,33)21-15-19(11-12-20(21)22(23,24)25)35(30,31)18-5-3-2-4-6-18/h2-12,15,26-27H,13-14H2,1H3. The van der Waals surface area contributed by atoms with Gasteiger partial charge in [-0.3, -0.25) is 4.72 Å². The maximum atomic E-state index is 13.6. The smallest absolute Gasteiger partial charge is 0.284 e. The number of sulfonamides is 2. The summed E-state index contributed by atoms with van der Waals surface area (Å²) in [5.74, 6) is 0. The van der Waals surface area contributed by atoms with Crippen LogP contribution in [0.4, 0.5) is 18.9 Å². The Morgan fingerprint density at radius 3 is 1.94 bits per heavy atom. The zero-order chi connectivity index (χ0) is 26.8. The normalized spacial score (nSPS) is 12.9. The first-order valence-electron chi connectivity index (χ1n) is 10.2. The minimum atomic E-state index is -5.05. The first-order valence-corrected chi connectivity index (χ1v) is 15.0. The molecule has 0 radical (unpaired) electrons. The van der Waals surface area contributed by atoms with Crippen molar-refractivity contribution in [3.05, 3.63) is 83.9 Å². The average molecular weight is 563 g/mol. The minimum absolute atomic E-state index is 0.0712. The predicted molar refractivity (Wildman–Crippen MR) is 127 cm³/mol. The Labute approximate surface area is 207 Å². The van der Waals surface area contributed by atoms with Gasteiger partial charge in [0.15, 0.2) is 0 Å². The second-order valence-corrected chi connectivity index (χ2v) is 13.1. The van der Waals surface area contributed by atoms with Crippen LogP contribution in [0.3, 0.4) is 0 Å². The van der Waals surface area contributed by atoms with Crippen molar-refractivity contribution >= 4 is 35.6 Å². The first-order chi connectivity index (χ1) is 16.6. The fraction of sp³-hybridized carbons (Fsp3) is 0.182. The van der Waals surface area contributed by atoms with Crippen molar-refractivity contribution in [3.63, 3.8) is 0 Å². The van der Waals surface area contributed by atoms with Crippen LogP contribution >= 0.6 is 0 Å². The van der Waals surface area contributed by atoms with E-state index in [2.05, 4.69) is 9.44 Å².